The molecule has 0 amide bonds. The maximum Gasteiger partial charge on any atom is 0.367 e. The monoisotopic (exact) mass is 144 g/mol. The van der Waals surface area contributed by atoms with Crippen molar-refractivity contribution in [1.29, 1.82) is 0 Å². The van der Waals surface area contributed by atoms with Crippen molar-refractivity contribution < 1.29 is 15.3 Å². The fourth-order valence-corrected chi connectivity index (χ4v) is 1.47. The average molecular weight is 144 g/mol. The number of esters is 1. The van der Waals surface area contributed by atoms with Gasteiger partial charge < -0.3 is 10.5 Å². The number of carbonyl (C=O) groups excluding carboxylic acids is 1. The van der Waals surface area contributed by atoms with Crippen molar-refractivity contribution in [3.05, 3.63) is 0 Å². The number of hydrogen-bond acceptors (Lipinski definition) is 2. The summed E-state index contributed by atoms with van der Waals surface area (Å²) in [4.78, 5) is 11.1. The summed E-state index contributed by atoms with van der Waals surface area (Å²) in [6.07, 6.45) is 4.00. The molecule has 3 nitrogen and oxygen atoms in total. The smallest absolute Gasteiger partial charge is 0.367 e. The van der Waals surface area contributed by atoms with Crippen molar-refractivity contribution in [2.75, 3.05) is 7.11 Å². The molecule has 1 fully saturated rings. The first-order valence-electron chi connectivity index (χ1n) is 3.63. The van der Waals surface area contributed by atoms with Crippen LogP contribution in [0.5, 0.6) is 0 Å². The van der Waals surface area contributed by atoms with Crippen LogP contribution < -0.4 is 5.73 Å². The van der Waals surface area contributed by atoms with Gasteiger partial charge in [-0.2, -0.15) is 0 Å². The first kappa shape index (κ1) is 7.54. The molecular formula is C7H14NO2+. The van der Waals surface area contributed by atoms with Crippen molar-refractivity contribution in [3.8, 4) is 0 Å². The Balaban J connectivity index is 2.58. The Hall–Kier alpha value is -0.570. The standard InChI is InChI=1S/C7H13NO2/c1-10-6(9)7(8)4-2-3-5-7/h2-5,8H2,1H3/p+1. The van der Waals surface area contributed by atoms with E-state index >= 15 is 0 Å². The predicted molar refractivity (Wildman–Crippen MR) is 36.1 cm³/mol. The van der Waals surface area contributed by atoms with Crippen molar-refractivity contribution in [1.82, 2.24) is 0 Å². The maximum atomic E-state index is 11.1. The van der Waals surface area contributed by atoms with E-state index in [1.54, 1.807) is 0 Å². The highest BCUT2D eigenvalue weighted by atomic mass is 16.5. The lowest BCUT2D eigenvalue weighted by atomic mass is 10.0. The lowest BCUT2D eigenvalue weighted by Crippen LogP contribution is -2.75. The molecule has 0 aromatic rings. The third-order valence-corrected chi connectivity index (χ3v) is 2.18. The van der Waals surface area contributed by atoms with E-state index in [2.05, 4.69) is 10.5 Å². The Morgan fingerprint density at radius 2 is 2.00 bits per heavy atom. The second kappa shape index (κ2) is 2.58. The highest BCUT2D eigenvalue weighted by Crippen LogP contribution is 2.26. The molecule has 0 aliphatic heterocycles. The minimum Gasteiger partial charge on any atom is -0.464 e. The number of carbonyl (C=O) groups is 1. The highest BCUT2D eigenvalue weighted by Gasteiger charge is 2.42. The van der Waals surface area contributed by atoms with Crippen LogP contribution in [0, 0.1) is 0 Å². The Bertz CT molecular complexity index is 139. The zero-order chi connectivity index (χ0) is 7.61. The first-order valence-corrected chi connectivity index (χ1v) is 3.63. The number of quaternary nitrogens is 1. The molecule has 3 N–H and O–H groups in total. The SMILES string of the molecule is COC(=O)C1([NH3+])CCCC1. The summed E-state index contributed by atoms with van der Waals surface area (Å²) < 4.78 is 4.64. The largest absolute Gasteiger partial charge is 0.464 e. The summed E-state index contributed by atoms with van der Waals surface area (Å²) >= 11 is 0. The molecule has 1 aliphatic rings. The topological polar surface area (TPSA) is 53.9 Å². The molecule has 10 heavy (non-hydrogen) atoms. The van der Waals surface area contributed by atoms with Crippen LogP contribution in [-0.4, -0.2) is 18.6 Å². The molecule has 58 valence electrons. The molecule has 1 rings (SSSR count). The number of ether oxygens (including phenoxy) is 1. The fourth-order valence-electron chi connectivity index (χ4n) is 1.47. The maximum absolute atomic E-state index is 11.1. The molecule has 0 radical (unpaired) electrons. The molecule has 0 saturated heterocycles. The van der Waals surface area contributed by atoms with Crippen molar-refractivity contribution in [3.63, 3.8) is 0 Å². The van der Waals surface area contributed by atoms with Gasteiger partial charge in [0.2, 0.25) is 0 Å². The van der Waals surface area contributed by atoms with Gasteiger partial charge in [0.25, 0.3) is 0 Å². The van der Waals surface area contributed by atoms with Gasteiger partial charge >= 0.3 is 5.97 Å². The molecule has 0 bridgehead atoms. The molecule has 1 aliphatic carbocycles. The summed E-state index contributed by atoms with van der Waals surface area (Å²) in [6.45, 7) is 0. The lowest BCUT2D eigenvalue weighted by molar-refractivity contribution is -0.460. The zero-order valence-corrected chi connectivity index (χ0v) is 6.35. The van der Waals surface area contributed by atoms with Crippen molar-refractivity contribution in [2.45, 2.75) is 31.2 Å². The summed E-state index contributed by atoms with van der Waals surface area (Å²) in [5.74, 6) is -0.148. The highest BCUT2D eigenvalue weighted by molar-refractivity contribution is 5.78. The van der Waals surface area contributed by atoms with E-state index in [1.165, 1.54) is 7.11 Å². The quantitative estimate of drug-likeness (QED) is 0.514. The van der Waals surface area contributed by atoms with Crippen LogP contribution in [0.3, 0.4) is 0 Å². The fraction of sp³-hybridized carbons (Fsp3) is 0.857. The molecular weight excluding hydrogens is 130 g/mol. The summed E-state index contributed by atoms with van der Waals surface area (Å²) in [6, 6.07) is 0. The van der Waals surface area contributed by atoms with Crippen LogP contribution in [0.2, 0.25) is 0 Å². The normalized spacial score (nSPS) is 22.6. The molecule has 0 unspecified atom stereocenters. The second-order valence-corrected chi connectivity index (χ2v) is 2.98. The third kappa shape index (κ3) is 1.14. The van der Waals surface area contributed by atoms with E-state index in [1.807, 2.05) is 0 Å². The summed E-state index contributed by atoms with van der Waals surface area (Å²) in [7, 11) is 1.42. The molecule has 3 heteroatoms. The van der Waals surface area contributed by atoms with Crippen molar-refractivity contribution >= 4 is 5.97 Å². The van der Waals surface area contributed by atoms with Gasteiger partial charge in [-0.1, -0.05) is 0 Å². The zero-order valence-electron chi connectivity index (χ0n) is 6.35. The second-order valence-electron chi connectivity index (χ2n) is 2.98. The van der Waals surface area contributed by atoms with E-state index < -0.39 is 5.54 Å². The summed E-state index contributed by atoms with van der Waals surface area (Å²) in [5.41, 5.74) is 3.46. The third-order valence-electron chi connectivity index (χ3n) is 2.18. The Kier molecular flexibility index (Phi) is 1.94. The Morgan fingerprint density at radius 1 is 1.50 bits per heavy atom. The summed E-state index contributed by atoms with van der Waals surface area (Å²) in [5, 5.41) is 0. The van der Waals surface area contributed by atoms with Crippen LogP contribution in [0.15, 0.2) is 0 Å². The van der Waals surface area contributed by atoms with Gasteiger partial charge in [-0.15, -0.1) is 0 Å². The number of hydrogen-bond donors (Lipinski definition) is 1. The van der Waals surface area contributed by atoms with Gasteiger partial charge in [0.05, 0.1) is 7.11 Å². The van der Waals surface area contributed by atoms with E-state index in [-0.39, 0.29) is 5.97 Å². The molecule has 0 spiro atoms. The van der Waals surface area contributed by atoms with Gasteiger partial charge in [-0.05, 0) is 12.8 Å². The van der Waals surface area contributed by atoms with Crippen LogP contribution in [0.4, 0.5) is 0 Å². The van der Waals surface area contributed by atoms with Crippen molar-refractivity contribution in [2.24, 2.45) is 0 Å². The molecule has 0 aromatic heterocycles. The van der Waals surface area contributed by atoms with Gasteiger partial charge in [-0.25, -0.2) is 4.79 Å². The van der Waals surface area contributed by atoms with E-state index in [9.17, 15) is 4.79 Å². The lowest BCUT2D eigenvalue weighted by Gasteiger charge is -2.14. The van der Waals surface area contributed by atoms with Crippen LogP contribution in [-0.2, 0) is 9.53 Å². The molecule has 0 aromatic carbocycles. The first-order chi connectivity index (χ1) is 4.69. The molecule has 0 atom stereocenters. The Labute approximate surface area is 60.5 Å². The minimum atomic E-state index is -0.408. The van der Waals surface area contributed by atoms with Gasteiger partial charge in [0.1, 0.15) is 0 Å². The Morgan fingerprint density at radius 3 is 2.40 bits per heavy atom. The van der Waals surface area contributed by atoms with Crippen LogP contribution in [0.1, 0.15) is 25.7 Å². The number of rotatable bonds is 1. The van der Waals surface area contributed by atoms with Gasteiger partial charge in [0, 0.05) is 12.8 Å². The van der Waals surface area contributed by atoms with Crippen LogP contribution >= 0.6 is 0 Å². The number of methoxy groups -OCH3 is 1. The minimum absolute atomic E-state index is 0.148. The van der Waals surface area contributed by atoms with E-state index in [0.717, 1.165) is 25.7 Å². The van der Waals surface area contributed by atoms with E-state index in [4.69, 9.17) is 0 Å². The van der Waals surface area contributed by atoms with Gasteiger partial charge in [-0.3, -0.25) is 0 Å². The average Bonchev–Trinajstić information content (AvgIpc) is 2.36. The molecule has 1 saturated carbocycles. The predicted octanol–water partition coefficient (Wildman–Crippen LogP) is -0.286. The van der Waals surface area contributed by atoms with E-state index in [0.29, 0.717) is 0 Å². The van der Waals surface area contributed by atoms with Crippen LogP contribution in [0.25, 0.3) is 0 Å². The van der Waals surface area contributed by atoms with Gasteiger partial charge in [0.15, 0.2) is 5.54 Å². The molecule has 0 heterocycles.